The summed E-state index contributed by atoms with van der Waals surface area (Å²) in [5.74, 6) is 0.0512. The van der Waals surface area contributed by atoms with Crippen molar-refractivity contribution in [1.29, 1.82) is 5.41 Å². The average Bonchev–Trinajstić information content (AvgIpc) is 3.08. The standard InChI is InChI=1S/C30H36N4O4S.BrH/c1-29(2,3)22-15-20(16-23(27(22)36)30(4,5)6)26(35)18-34-25-10-8-7-9-24(25)33(28(34)31)17-19-11-13-21(14-12-19)39(32,37)38;/h7-16,31,36H,17-18H2,1-6H3,(H2,32,37,38);1H. The molecule has 8 nitrogen and oxygen atoms in total. The Labute approximate surface area is 245 Å². The minimum absolute atomic E-state index is 0. The van der Waals surface area contributed by atoms with Crippen molar-refractivity contribution < 1.29 is 18.3 Å². The number of hydrogen-bond donors (Lipinski definition) is 3. The van der Waals surface area contributed by atoms with E-state index in [9.17, 15) is 18.3 Å². The fraction of sp³-hybridized carbons (Fsp3) is 0.333. The number of aromatic hydroxyl groups is 1. The summed E-state index contributed by atoms with van der Waals surface area (Å²) in [6.07, 6.45) is 0. The number of primary sulfonamides is 1. The number of imidazole rings is 1. The lowest BCUT2D eigenvalue weighted by Crippen LogP contribution is -2.28. The maximum Gasteiger partial charge on any atom is 0.238 e. The molecule has 10 heteroatoms. The van der Waals surface area contributed by atoms with Crippen LogP contribution in [0.4, 0.5) is 0 Å². The summed E-state index contributed by atoms with van der Waals surface area (Å²) in [6, 6.07) is 17.3. The molecule has 1 aromatic heterocycles. The normalized spacial score (nSPS) is 12.4. The highest BCUT2D eigenvalue weighted by Crippen LogP contribution is 2.40. The summed E-state index contributed by atoms with van der Waals surface area (Å²) >= 11 is 0. The molecule has 1 heterocycles. The Bertz CT molecular complexity index is 1700. The Morgan fingerprint density at radius 2 is 1.35 bits per heavy atom. The molecule has 4 aromatic rings. The van der Waals surface area contributed by atoms with Gasteiger partial charge in [-0.1, -0.05) is 65.8 Å². The number of Topliss-reactive ketones (excluding diaryl/α,β-unsaturated/α-hetero) is 1. The van der Waals surface area contributed by atoms with Crippen LogP contribution in [0.2, 0.25) is 0 Å². The zero-order chi connectivity index (χ0) is 28.9. The van der Waals surface area contributed by atoms with Crippen LogP contribution in [-0.4, -0.2) is 28.4 Å². The van der Waals surface area contributed by atoms with Gasteiger partial charge in [0.1, 0.15) is 5.75 Å². The van der Waals surface area contributed by atoms with E-state index in [1.807, 2.05) is 65.8 Å². The first kappa shape index (κ1) is 31.3. The first-order chi connectivity index (χ1) is 18.0. The molecular weight excluding hydrogens is 592 g/mol. The second-order valence-corrected chi connectivity index (χ2v) is 13.6. The van der Waals surface area contributed by atoms with Crippen molar-refractivity contribution in [2.24, 2.45) is 5.14 Å². The number of para-hydroxylation sites is 2. The molecule has 214 valence electrons. The topological polar surface area (TPSA) is 131 Å². The summed E-state index contributed by atoms with van der Waals surface area (Å²) in [7, 11) is -3.80. The van der Waals surface area contributed by atoms with Crippen molar-refractivity contribution in [2.75, 3.05) is 0 Å². The molecule has 0 atom stereocenters. The number of phenols is 1. The smallest absolute Gasteiger partial charge is 0.238 e. The van der Waals surface area contributed by atoms with E-state index in [0.717, 1.165) is 16.6 Å². The van der Waals surface area contributed by atoms with Crippen LogP contribution < -0.4 is 10.8 Å². The Kier molecular flexibility index (Phi) is 8.60. The summed E-state index contributed by atoms with van der Waals surface area (Å²) in [5, 5.41) is 25.2. The molecule has 0 unspecified atom stereocenters. The van der Waals surface area contributed by atoms with Crippen LogP contribution in [0.3, 0.4) is 0 Å². The third-order valence-electron chi connectivity index (χ3n) is 6.92. The zero-order valence-corrected chi connectivity index (χ0v) is 26.2. The Hall–Kier alpha value is -3.21. The zero-order valence-electron chi connectivity index (χ0n) is 23.6. The van der Waals surface area contributed by atoms with Gasteiger partial charge in [-0.3, -0.25) is 10.2 Å². The van der Waals surface area contributed by atoms with Crippen LogP contribution >= 0.6 is 17.0 Å². The molecule has 0 aliphatic rings. The number of phenolic OH excluding ortho intramolecular Hbond substituents is 1. The monoisotopic (exact) mass is 628 g/mol. The number of sulfonamides is 1. The van der Waals surface area contributed by atoms with E-state index in [0.29, 0.717) is 23.2 Å². The summed E-state index contributed by atoms with van der Waals surface area (Å²) in [5.41, 5.74) is 3.62. The second kappa shape index (κ2) is 11.0. The first-order valence-electron chi connectivity index (χ1n) is 12.7. The fourth-order valence-corrected chi connectivity index (χ4v) is 5.27. The number of rotatable bonds is 6. The highest BCUT2D eigenvalue weighted by atomic mass is 79.9. The molecule has 0 fully saturated rings. The van der Waals surface area contributed by atoms with Crippen molar-refractivity contribution in [2.45, 2.75) is 70.4 Å². The maximum absolute atomic E-state index is 13.7. The Balaban J connectivity index is 0.00000441. The molecule has 0 saturated carbocycles. The summed E-state index contributed by atoms with van der Waals surface area (Å²) in [4.78, 5) is 13.7. The highest BCUT2D eigenvalue weighted by Gasteiger charge is 2.28. The van der Waals surface area contributed by atoms with E-state index in [1.165, 1.54) is 12.1 Å². The number of nitrogens with one attached hydrogen (secondary N) is 1. The van der Waals surface area contributed by atoms with Gasteiger partial charge in [0, 0.05) is 16.7 Å². The van der Waals surface area contributed by atoms with Gasteiger partial charge >= 0.3 is 0 Å². The molecule has 0 radical (unpaired) electrons. The quantitative estimate of drug-likeness (QED) is 0.247. The predicted molar refractivity (Wildman–Crippen MR) is 163 cm³/mol. The molecule has 0 spiro atoms. The number of halogens is 1. The summed E-state index contributed by atoms with van der Waals surface area (Å²) in [6.45, 7) is 12.3. The van der Waals surface area contributed by atoms with Gasteiger partial charge in [-0.2, -0.15) is 0 Å². The van der Waals surface area contributed by atoms with Crippen molar-refractivity contribution in [3.05, 3.63) is 88.5 Å². The van der Waals surface area contributed by atoms with Gasteiger partial charge in [0.05, 0.1) is 29.0 Å². The minimum atomic E-state index is -3.80. The minimum Gasteiger partial charge on any atom is -0.507 e. The van der Waals surface area contributed by atoms with E-state index in [4.69, 9.17) is 10.5 Å². The molecule has 3 aromatic carbocycles. The van der Waals surface area contributed by atoms with Gasteiger partial charge in [-0.15, -0.1) is 17.0 Å². The van der Waals surface area contributed by atoms with Gasteiger partial charge in [0.15, 0.2) is 5.78 Å². The van der Waals surface area contributed by atoms with Crippen LogP contribution in [0.5, 0.6) is 5.75 Å². The number of nitrogens with zero attached hydrogens (tertiary/aromatic N) is 2. The first-order valence-corrected chi connectivity index (χ1v) is 14.3. The van der Waals surface area contributed by atoms with E-state index in [1.54, 1.807) is 33.4 Å². The molecule has 4 rings (SSSR count). The number of nitrogens with two attached hydrogens (primary N) is 1. The molecule has 40 heavy (non-hydrogen) atoms. The number of hydrogen-bond acceptors (Lipinski definition) is 5. The van der Waals surface area contributed by atoms with Gasteiger partial charge < -0.3 is 14.2 Å². The molecule has 0 amide bonds. The van der Waals surface area contributed by atoms with Crippen LogP contribution in [-0.2, 0) is 33.9 Å². The number of carbonyl (C=O) groups excluding carboxylic acids is 1. The third-order valence-corrected chi connectivity index (χ3v) is 7.85. The van der Waals surface area contributed by atoms with Crippen molar-refractivity contribution >= 4 is 43.8 Å². The second-order valence-electron chi connectivity index (χ2n) is 12.0. The SMILES string of the molecule is Br.CC(C)(C)c1cc(C(=O)Cn2c(=N)n(Cc3ccc(S(N)(=O)=O)cc3)c3ccccc32)cc(C(C)(C)C)c1O. The van der Waals surface area contributed by atoms with E-state index in [2.05, 4.69) is 0 Å². The van der Waals surface area contributed by atoms with Crippen LogP contribution in [0.1, 0.15) is 68.6 Å². The lowest BCUT2D eigenvalue weighted by atomic mass is 9.78. The van der Waals surface area contributed by atoms with Gasteiger partial charge in [0.2, 0.25) is 15.6 Å². The lowest BCUT2D eigenvalue weighted by Gasteiger charge is -2.28. The molecule has 0 aliphatic carbocycles. The van der Waals surface area contributed by atoms with Crippen molar-refractivity contribution in [1.82, 2.24) is 9.13 Å². The molecule has 0 aliphatic heterocycles. The predicted octanol–water partition coefficient (Wildman–Crippen LogP) is 5.38. The molecule has 4 N–H and O–H groups in total. The molecule has 0 bridgehead atoms. The van der Waals surface area contributed by atoms with E-state index < -0.39 is 10.0 Å². The van der Waals surface area contributed by atoms with Crippen LogP contribution in [0.15, 0.2) is 65.6 Å². The lowest BCUT2D eigenvalue weighted by molar-refractivity contribution is 0.0971. The fourth-order valence-electron chi connectivity index (χ4n) is 4.76. The summed E-state index contributed by atoms with van der Waals surface area (Å²) < 4.78 is 26.7. The van der Waals surface area contributed by atoms with Crippen molar-refractivity contribution in [3.63, 3.8) is 0 Å². The maximum atomic E-state index is 13.7. The van der Waals surface area contributed by atoms with E-state index >= 15 is 0 Å². The number of carbonyl (C=O) groups is 1. The number of ketones is 1. The van der Waals surface area contributed by atoms with Gasteiger partial charge in [-0.05, 0) is 52.8 Å². The van der Waals surface area contributed by atoms with Gasteiger partial charge in [0.25, 0.3) is 0 Å². The Morgan fingerprint density at radius 3 is 1.80 bits per heavy atom. The number of aromatic nitrogens is 2. The van der Waals surface area contributed by atoms with Crippen LogP contribution in [0, 0.1) is 5.41 Å². The van der Waals surface area contributed by atoms with Gasteiger partial charge in [-0.25, -0.2) is 13.6 Å². The Morgan fingerprint density at radius 1 is 0.875 bits per heavy atom. The molecular formula is C30H37BrN4O4S. The number of benzene rings is 3. The third kappa shape index (κ3) is 6.24. The average molecular weight is 630 g/mol. The van der Waals surface area contributed by atoms with E-state index in [-0.39, 0.29) is 56.4 Å². The van der Waals surface area contributed by atoms with Crippen LogP contribution in [0.25, 0.3) is 11.0 Å². The number of fused-ring (bicyclic) bond motifs is 1. The van der Waals surface area contributed by atoms with Crippen molar-refractivity contribution in [3.8, 4) is 5.75 Å². The highest BCUT2D eigenvalue weighted by molar-refractivity contribution is 8.93. The largest absolute Gasteiger partial charge is 0.507 e. The molecule has 0 saturated heterocycles.